The Bertz CT molecular complexity index is 3230. The molecule has 1 atom stereocenters. The summed E-state index contributed by atoms with van der Waals surface area (Å²) in [7, 11) is 0. The molecule has 0 spiro atoms. The van der Waals surface area contributed by atoms with Crippen molar-refractivity contribution in [3.05, 3.63) is 168 Å². The van der Waals surface area contributed by atoms with Gasteiger partial charge in [-0.25, -0.2) is 19.9 Å². The topological polar surface area (TPSA) is 77.8 Å². The quantitative estimate of drug-likeness (QED) is 0.122. The highest BCUT2D eigenvalue weighted by molar-refractivity contribution is 5.88. The molecule has 3 aromatic heterocycles. The zero-order chi connectivity index (χ0) is 43.0. The average Bonchev–Trinajstić information content (AvgIpc) is 3.97. The molecule has 0 saturated carbocycles. The average molecular weight is 823 g/mol. The van der Waals surface area contributed by atoms with Crippen LogP contribution >= 0.6 is 0 Å². The van der Waals surface area contributed by atoms with E-state index < -0.39 is 0 Å². The van der Waals surface area contributed by atoms with Gasteiger partial charge in [-0.1, -0.05) is 126 Å². The monoisotopic (exact) mass is 822 g/mol. The van der Waals surface area contributed by atoms with E-state index in [0.29, 0.717) is 17.7 Å². The van der Waals surface area contributed by atoms with Crippen LogP contribution in [0.5, 0.6) is 0 Å². The maximum absolute atomic E-state index is 6.32. The molecule has 6 heteroatoms. The Morgan fingerprint density at radius 3 is 1.25 bits per heavy atom. The van der Waals surface area contributed by atoms with Crippen LogP contribution in [0.1, 0.15) is 75.6 Å². The van der Waals surface area contributed by atoms with Gasteiger partial charge < -0.3 is 8.83 Å². The lowest BCUT2D eigenvalue weighted by molar-refractivity contribution is 0.617. The smallest absolute Gasteiger partial charge is 0.227 e. The first-order chi connectivity index (χ1) is 30.9. The fourth-order valence-electron chi connectivity index (χ4n) is 8.81. The minimum atomic E-state index is 0.480. The van der Waals surface area contributed by atoms with E-state index in [1.165, 1.54) is 22.3 Å². The number of hydrogen-bond donors (Lipinski definition) is 0. The second kappa shape index (κ2) is 16.9. The van der Waals surface area contributed by atoms with Crippen LogP contribution in [0, 0.1) is 0 Å². The normalized spacial score (nSPS) is 12.1. The van der Waals surface area contributed by atoms with Gasteiger partial charge in [-0.15, -0.1) is 0 Å². The Morgan fingerprint density at radius 1 is 0.413 bits per heavy atom. The number of nitrogens with zero attached hydrogens (tertiary/aromatic N) is 4. The Kier molecular flexibility index (Phi) is 10.7. The number of rotatable bonds is 12. The van der Waals surface area contributed by atoms with Crippen LogP contribution in [0.4, 0.5) is 0 Å². The summed E-state index contributed by atoms with van der Waals surface area (Å²) in [6.07, 6.45) is 5.21. The fourth-order valence-corrected chi connectivity index (χ4v) is 8.81. The van der Waals surface area contributed by atoms with E-state index in [0.717, 1.165) is 121 Å². The van der Waals surface area contributed by atoms with Crippen LogP contribution in [-0.2, 0) is 19.3 Å². The first-order valence-corrected chi connectivity index (χ1v) is 22.4. The molecule has 0 radical (unpaired) electrons. The van der Waals surface area contributed by atoms with Gasteiger partial charge in [-0.3, -0.25) is 0 Å². The zero-order valence-corrected chi connectivity index (χ0v) is 36.6. The summed E-state index contributed by atoms with van der Waals surface area (Å²) < 4.78 is 12.6. The number of benzene rings is 7. The third kappa shape index (κ3) is 7.71. The first kappa shape index (κ1) is 39.9. The van der Waals surface area contributed by atoms with Crippen LogP contribution in [-0.4, -0.2) is 19.9 Å². The number of fused-ring (bicyclic) bond motifs is 3. The molecule has 3 heterocycles. The van der Waals surface area contributed by atoms with Crippen molar-refractivity contribution in [3.8, 4) is 67.7 Å². The third-order valence-corrected chi connectivity index (χ3v) is 12.6. The predicted octanol–water partition coefficient (Wildman–Crippen LogP) is 15.5. The largest absolute Gasteiger partial charge is 0.436 e. The molecule has 0 aliphatic carbocycles. The Hall–Kier alpha value is -7.18. The van der Waals surface area contributed by atoms with Crippen molar-refractivity contribution < 1.29 is 8.83 Å². The summed E-state index contributed by atoms with van der Waals surface area (Å²) >= 11 is 0. The number of aryl methyl sites for hydroxylation is 3. The van der Waals surface area contributed by atoms with Crippen molar-refractivity contribution >= 4 is 33.2 Å². The van der Waals surface area contributed by atoms with E-state index in [1.807, 2.05) is 24.3 Å². The van der Waals surface area contributed by atoms with E-state index in [9.17, 15) is 0 Å². The van der Waals surface area contributed by atoms with Gasteiger partial charge in [-0.05, 0) is 137 Å². The van der Waals surface area contributed by atoms with Gasteiger partial charge in [0, 0.05) is 22.3 Å². The lowest BCUT2D eigenvalue weighted by atomic mass is 9.92. The summed E-state index contributed by atoms with van der Waals surface area (Å²) in [4.78, 5) is 20.1. The highest BCUT2D eigenvalue weighted by Crippen LogP contribution is 2.36. The molecular formula is C57H50N4O2. The third-order valence-electron chi connectivity index (χ3n) is 12.6. The molecule has 10 aromatic rings. The number of para-hydroxylation sites is 2. The van der Waals surface area contributed by atoms with Gasteiger partial charge in [0.25, 0.3) is 0 Å². The van der Waals surface area contributed by atoms with Crippen molar-refractivity contribution in [2.45, 2.75) is 72.6 Å². The van der Waals surface area contributed by atoms with Gasteiger partial charge in [-0.2, -0.15) is 0 Å². The van der Waals surface area contributed by atoms with Crippen molar-refractivity contribution in [2.24, 2.45) is 0 Å². The highest BCUT2D eigenvalue weighted by atomic mass is 16.4. The van der Waals surface area contributed by atoms with Crippen LogP contribution in [0.2, 0.25) is 0 Å². The van der Waals surface area contributed by atoms with E-state index in [-0.39, 0.29) is 0 Å². The number of oxazole rings is 2. The van der Waals surface area contributed by atoms with Crippen molar-refractivity contribution in [1.29, 1.82) is 0 Å². The standard InChI is InChI=1S/C57H50N4O2/c1-6-12-46-33-52-50(31-36(46)8-3)60-56(62-52)44-27-19-40(20-28-44)38-15-23-42(24-16-38)54-55(59-49-14-11-10-13-48(49)58-54)43-25-17-39(18-26-43)41-21-29-45(30-22-41)57-61-51-32-37(9-4)47(35(5)7-2)34-53(51)63-57/h10-11,13-35H,6-9,12H2,1-5H3. The number of aromatic nitrogens is 4. The molecule has 0 aliphatic rings. The molecule has 0 N–H and O–H groups in total. The van der Waals surface area contributed by atoms with Gasteiger partial charge >= 0.3 is 0 Å². The van der Waals surface area contributed by atoms with E-state index in [2.05, 4.69) is 156 Å². The molecule has 63 heavy (non-hydrogen) atoms. The van der Waals surface area contributed by atoms with Crippen LogP contribution in [0.15, 0.2) is 154 Å². The van der Waals surface area contributed by atoms with Gasteiger partial charge in [0.2, 0.25) is 11.8 Å². The minimum absolute atomic E-state index is 0.480. The van der Waals surface area contributed by atoms with Crippen molar-refractivity contribution in [2.75, 3.05) is 0 Å². The van der Waals surface area contributed by atoms with E-state index in [1.54, 1.807) is 0 Å². The highest BCUT2D eigenvalue weighted by Gasteiger charge is 2.18. The molecule has 0 aliphatic heterocycles. The van der Waals surface area contributed by atoms with Crippen molar-refractivity contribution in [3.63, 3.8) is 0 Å². The molecule has 0 saturated heterocycles. The summed E-state index contributed by atoms with van der Waals surface area (Å²) in [6, 6.07) is 51.0. The lowest BCUT2D eigenvalue weighted by Crippen LogP contribution is -1.97. The Labute approximate surface area is 368 Å². The molecule has 0 fully saturated rings. The molecule has 1 unspecified atom stereocenters. The minimum Gasteiger partial charge on any atom is -0.436 e. The van der Waals surface area contributed by atoms with Gasteiger partial charge in [0.15, 0.2) is 11.2 Å². The molecule has 0 bridgehead atoms. The first-order valence-electron chi connectivity index (χ1n) is 22.4. The second-order valence-electron chi connectivity index (χ2n) is 16.6. The van der Waals surface area contributed by atoms with Crippen LogP contribution < -0.4 is 0 Å². The maximum atomic E-state index is 6.32. The predicted molar refractivity (Wildman–Crippen MR) is 259 cm³/mol. The SMILES string of the molecule is CCCc1cc2oc(-c3ccc(-c4ccc(-c5nc6ccccc6nc5-c5ccc(-c6ccc(-c7nc8cc(CC)c(C(C)CC)cc8o7)cc6)cc5)cc4)cc3)nc2cc1CC. The molecule has 7 aromatic carbocycles. The molecule has 6 nitrogen and oxygen atoms in total. The summed E-state index contributed by atoms with van der Waals surface area (Å²) in [6.45, 7) is 11.1. The van der Waals surface area contributed by atoms with Gasteiger partial charge in [0.1, 0.15) is 11.0 Å². The summed E-state index contributed by atoms with van der Waals surface area (Å²) in [5, 5.41) is 0. The Morgan fingerprint density at radius 2 is 0.825 bits per heavy atom. The molecule has 0 amide bonds. The van der Waals surface area contributed by atoms with Crippen LogP contribution in [0.3, 0.4) is 0 Å². The van der Waals surface area contributed by atoms with Crippen LogP contribution in [0.25, 0.3) is 101 Å². The fraction of sp³-hybridized carbons (Fsp3) is 0.193. The number of hydrogen-bond acceptors (Lipinski definition) is 6. The maximum Gasteiger partial charge on any atom is 0.227 e. The van der Waals surface area contributed by atoms with Gasteiger partial charge in [0.05, 0.1) is 22.4 Å². The molecular weight excluding hydrogens is 773 g/mol. The summed E-state index contributed by atoms with van der Waals surface area (Å²) in [5.74, 6) is 1.77. The summed E-state index contributed by atoms with van der Waals surface area (Å²) in [5.41, 5.74) is 20.7. The lowest BCUT2D eigenvalue weighted by Gasteiger charge is -2.13. The zero-order valence-electron chi connectivity index (χ0n) is 36.6. The molecule has 10 rings (SSSR count). The van der Waals surface area contributed by atoms with E-state index >= 15 is 0 Å². The Balaban J connectivity index is 0.900. The second-order valence-corrected chi connectivity index (χ2v) is 16.6. The van der Waals surface area contributed by atoms with E-state index in [4.69, 9.17) is 28.8 Å². The molecule has 310 valence electrons. The van der Waals surface area contributed by atoms with Crippen molar-refractivity contribution in [1.82, 2.24) is 19.9 Å².